The van der Waals surface area contributed by atoms with E-state index < -0.39 is 0 Å². The van der Waals surface area contributed by atoms with Crippen LogP contribution in [0.15, 0.2) is 66.2 Å². The topological polar surface area (TPSA) is 43.1 Å². The molecule has 0 aromatic heterocycles. The number of amides is 1. The quantitative estimate of drug-likeness (QED) is 0.841. The van der Waals surface area contributed by atoms with Crippen LogP contribution in [0.25, 0.3) is 5.57 Å². The van der Waals surface area contributed by atoms with Crippen LogP contribution in [0.1, 0.15) is 30.9 Å². The molecule has 0 saturated heterocycles. The summed E-state index contributed by atoms with van der Waals surface area (Å²) >= 11 is 0. The molecule has 20 heavy (non-hydrogen) atoms. The van der Waals surface area contributed by atoms with E-state index in [1.54, 1.807) is 6.92 Å². The summed E-state index contributed by atoms with van der Waals surface area (Å²) in [5, 5.41) is 0. The van der Waals surface area contributed by atoms with Gasteiger partial charge >= 0.3 is 0 Å². The number of nitrogens with two attached hydrogens (primary N) is 1. The molecule has 2 aromatic rings. The van der Waals surface area contributed by atoms with E-state index in [4.69, 9.17) is 5.73 Å². The van der Waals surface area contributed by atoms with Gasteiger partial charge in [0.25, 0.3) is 0 Å². The lowest BCUT2D eigenvalue weighted by Crippen LogP contribution is -2.15. The van der Waals surface area contributed by atoms with Crippen molar-refractivity contribution in [3.63, 3.8) is 0 Å². The zero-order valence-corrected chi connectivity index (χ0v) is 11.8. The molecule has 0 spiro atoms. The van der Waals surface area contributed by atoms with Crippen LogP contribution in [0.4, 0.5) is 0 Å². The van der Waals surface area contributed by atoms with Crippen molar-refractivity contribution < 1.29 is 4.79 Å². The molecule has 2 aromatic carbocycles. The van der Waals surface area contributed by atoms with Gasteiger partial charge in [-0.2, -0.15) is 0 Å². The fraction of sp³-hybridized carbons (Fsp3) is 0.167. The van der Waals surface area contributed by atoms with E-state index in [1.165, 1.54) is 5.56 Å². The van der Waals surface area contributed by atoms with E-state index >= 15 is 0 Å². The third-order valence-corrected chi connectivity index (χ3v) is 3.59. The Morgan fingerprint density at radius 3 is 1.95 bits per heavy atom. The minimum atomic E-state index is -0.369. The molecular formula is C18H19NO. The standard InChI is InChI=1S/C18H19NO/c1-13(15-9-5-3-6-10-15)17(14(2)18(19)20)16-11-7-4-8-12-16/h3-13H,1-2H3,(H2,19,20). The summed E-state index contributed by atoms with van der Waals surface area (Å²) < 4.78 is 0. The number of hydrogen-bond acceptors (Lipinski definition) is 1. The lowest BCUT2D eigenvalue weighted by atomic mass is 9.85. The largest absolute Gasteiger partial charge is 0.366 e. The molecule has 0 aliphatic rings. The van der Waals surface area contributed by atoms with Crippen molar-refractivity contribution in [3.05, 3.63) is 77.4 Å². The number of carbonyl (C=O) groups is 1. The van der Waals surface area contributed by atoms with Gasteiger partial charge in [0.05, 0.1) is 0 Å². The molecule has 0 heterocycles. The predicted octanol–water partition coefficient (Wildman–Crippen LogP) is 3.75. The number of allylic oxidation sites excluding steroid dienone is 1. The molecule has 2 rings (SSSR count). The predicted molar refractivity (Wildman–Crippen MR) is 83.1 cm³/mol. The van der Waals surface area contributed by atoms with Crippen molar-refractivity contribution in [1.82, 2.24) is 0 Å². The Labute approximate surface area is 119 Å². The number of rotatable bonds is 4. The van der Waals surface area contributed by atoms with Crippen molar-refractivity contribution in [2.24, 2.45) is 5.73 Å². The molecule has 102 valence electrons. The van der Waals surface area contributed by atoms with Gasteiger partial charge in [-0.05, 0) is 23.6 Å². The van der Waals surface area contributed by atoms with Gasteiger partial charge in [0.15, 0.2) is 0 Å². The number of primary amides is 1. The van der Waals surface area contributed by atoms with E-state index in [0.717, 1.165) is 11.1 Å². The van der Waals surface area contributed by atoms with Gasteiger partial charge in [-0.1, -0.05) is 67.6 Å². The molecule has 2 nitrogen and oxygen atoms in total. The minimum absolute atomic E-state index is 0.117. The van der Waals surface area contributed by atoms with Gasteiger partial charge < -0.3 is 5.73 Å². The van der Waals surface area contributed by atoms with Crippen LogP contribution in [0.2, 0.25) is 0 Å². The van der Waals surface area contributed by atoms with Crippen LogP contribution in [0.3, 0.4) is 0 Å². The molecule has 1 amide bonds. The van der Waals surface area contributed by atoms with Gasteiger partial charge in [0.1, 0.15) is 0 Å². The molecule has 0 fully saturated rings. The molecular weight excluding hydrogens is 246 g/mol. The molecule has 0 bridgehead atoms. The first-order valence-electron chi connectivity index (χ1n) is 6.72. The van der Waals surface area contributed by atoms with Crippen LogP contribution in [0, 0.1) is 0 Å². The maximum Gasteiger partial charge on any atom is 0.244 e. The Balaban J connectivity index is 2.54. The lowest BCUT2D eigenvalue weighted by molar-refractivity contribution is -0.114. The Hall–Kier alpha value is -2.35. The van der Waals surface area contributed by atoms with Crippen molar-refractivity contribution in [1.29, 1.82) is 0 Å². The maximum absolute atomic E-state index is 11.6. The molecule has 0 radical (unpaired) electrons. The van der Waals surface area contributed by atoms with Crippen LogP contribution in [-0.4, -0.2) is 5.91 Å². The van der Waals surface area contributed by atoms with E-state index in [0.29, 0.717) is 5.57 Å². The first-order chi connectivity index (χ1) is 9.61. The highest BCUT2D eigenvalue weighted by atomic mass is 16.1. The van der Waals surface area contributed by atoms with Crippen LogP contribution < -0.4 is 5.73 Å². The van der Waals surface area contributed by atoms with E-state index in [2.05, 4.69) is 19.1 Å². The molecule has 0 aliphatic heterocycles. The smallest absolute Gasteiger partial charge is 0.244 e. The van der Waals surface area contributed by atoms with Crippen LogP contribution in [0.5, 0.6) is 0 Å². The summed E-state index contributed by atoms with van der Waals surface area (Å²) in [5.74, 6) is -0.252. The summed E-state index contributed by atoms with van der Waals surface area (Å²) in [7, 11) is 0. The van der Waals surface area contributed by atoms with E-state index in [-0.39, 0.29) is 11.8 Å². The highest BCUT2D eigenvalue weighted by Crippen LogP contribution is 2.34. The molecule has 0 saturated carbocycles. The SMILES string of the molecule is CC(C(N)=O)=C(c1ccccc1)C(C)c1ccccc1. The minimum Gasteiger partial charge on any atom is -0.366 e. The Kier molecular flexibility index (Phi) is 4.36. The average Bonchev–Trinajstić information content (AvgIpc) is 2.49. The summed E-state index contributed by atoms with van der Waals surface area (Å²) in [6.07, 6.45) is 0. The highest BCUT2D eigenvalue weighted by molar-refractivity contribution is 6.00. The molecule has 1 atom stereocenters. The van der Waals surface area contributed by atoms with Gasteiger partial charge in [-0.25, -0.2) is 0 Å². The van der Waals surface area contributed by atoms with Gasteiger partial charge in [-0.15, -0.1) is 0 Å². The molecule has 0 aliphatic carbocycles. The van der Waals surface area contributed by atoms with E-state index in [1.807, 2.05) is 48.5 Å². The van der Waals surface area contributed by atoms with Gasteiger partial charge in [0.2, 0.25) is 5.91 Å². The first-order valence-corrected chi connectivity index (χ1v) is 6.72. The Morgan fingerprint density at radius 1 is 0.950 bits per heavy atom. The van der Waals surface area contributed by atoms with Gasteiger partial charge in [-0.3, -0.25) is 4.79 Å². The fourth-order valence-corrected chi connectivity index (χ4v) is 2.45. The Morgan fingerprint density at radius 2 is 1.45 bits per heavy atom. The van der Waals surface area contributed by atoms with Gasteiger partial charge in [0, 0.05) is 11.5 Å². The Bertz CT molecular complexity index is 614. The zero-order chi connectivity index (χ0) is 14.5. The third-order valence-electron chi connectivity index (χ3n) is 3.59. The second kappa shape index (κ2) is 6.20. The summed E-state index contributed by atoms with van der Waals surface area (Å²) in [6, 6.07) is 20.1. The second-order valence-corrected chi connectivity index (χ2v) is 4.90. The zero-order valence-electron chi connectivity index (χ0n) is 11.8. The van der Waals surface area contributed by atoms with Crippen LogP contribution in [-0.2, 0) is 4.79 Å². The first kappa shape index (κ1) is 14.1. The third kappa shape index (κ3) is 2.97. The molecule has 2 heteroatoms. The molecule has 2 N–H and O–H groups in total. The van der Waals surface area contributed by atoms with Crippen LogP contribution >= 0.6 is 0 Å². The number of benzene rings is 2. The highest BCUT2D eigenvalue weighted by Gasteiger charge is 2.18. The summed E-state index contributed by atoms with van der Waals surface area (Å²) in [5.41, 5.74) is 9.32. The van der Waals surface area contributed by atoms with Crippen molar-refractivity contribution in [2.75, 3.05) is 0 Å². The number of carbonyl (C=O) groups excluding carboxylic acids is 1. The maximum atomic E-state index is 11.6. The van der Waals surface area contributed by atoms with Crippen molar-refractivity contribution in [3.8, 4) is 0 Å². The van der Waals surface area contributed by atoms with E-state index in [9.17, 15) is 4.79 Å². The van der Waals surface area contributed by atoms with Crippen molar-refractivity contribution >= 4 is 11.5 Å². The normalized spacial score (nSPS) is 13.5. The summed E-state index contributed by atoms with van der Waals surface area (Å²) in [6.45, 7) is 3.90. The fourth-order valence-electron chi connectivity index (χ4n) is 2.45. The lowest BCUT2D eigenvalue weighted by Gasteiger charge is -2.19. The van der Waals surface area contributed by atoms with Crippen molar-refractivity contribution in [2.45, 2.75) is 19.8 Å². The monoisotopic (exact) mass is 265 g/mol. The molecule has 1 unspecified atom stereocenters. The average molecular weight is 265 g/mol. The second-order valence-electron chi connectivity index (χ2n) is 4.90. The number of hydrogen-bond donors (Lipinski definition) is 1. The summed E-state index contributed by atoms with van der Waals surface area (Å²) in [4.78, 5) is 11.6.